The molecule has 0 saturated carbocycles. The maximum atomic E-state index is 5.99. The molecule has 0 bridgehead atoms. The summed E-state index contributed by atoms with van der Waals surface area (Å²) in [6, 6.07) is 16.6. The Morgan fingerprint density at radius 2 is 1.32 bits per heavy atom. The third kappa shape index (κ3) is 3.62. The van der Waals surface area contributed by atoms with Crippen molar-refractivity contribution in [3.63, 3.8) is 0 Å². The maximum Gasteiger partial charge on any atom is 0.151 e. The first kappa shape index (κ1) is 16.4. The van der Waals surface area contributed by atoms with E-state index in [1.807, 2.05) is 38.1 Å². The van der Waals surface area contributed by atoms with Crippen molar-refractivity contribution >= 4 is 11.4 Å². The number of nitrogens with zero attached hydrogens (tertiary/aromatic N) is 1. The van der Waals surface area contributed by atoms with Gasteiger partial charge in [0.25, 0.3) is 0 Å². The van der Waals surface area contributed by atoms with E-state index in [0.29, 0.717) is 0 Å². The van der Waals surface area contributed by atoms with Crippen LogP contribution in [0.4, 0.5) is 11.4 Å². The molecule has 0 aliphatic carbocycles. The lowest BCUT2D eigenvalue weighted by atomic mass is 10.1. The first-order chi connectivity index (χ1) is 10.9. The number of hydrogen-bond donors (Lipinski definition) is 0. The fraction of sp³-hybridized carbons (Fsp3) is 0.400. The lowest BCUT2D eigenvalue weighted by Crippen LogP contribution is -2.22. The summed E-state index contributed by atoms with van der Waals surface area (Å²) < 4.78 is 5.99. The van der Waals surface area contributed by atoms with Crippen LogP contribution >= 0.6 is 0 Å². The molecular formula is C20H27NO. The predicted octanol–water partition coefficient (Wildman–Crippen LogP) is 6.54. The highest BCUT2D eigenvalue weighted by molar-refractivity contribution is 5.77. The van der Waals surface area contributed by atoms with Crippen LogP contribution in [0.3, 0.4) is 0 Å². The second-order valence-electron chi connectivity index (χ2n) is 5.25. The van der Waals surface area contributed by atoms with Gasteiger partial charge in [-0.2, -0.15) is 0 Å². The fourth-order valence-electron chi connectivity index (χ4n) is 2.72. The van der Waals surface area contributed by atoms with Crippen LogP contribution in [0.15, 0.2) is 48.5 Å². The number of para-hydroxylation sites is 4. The molecule has 0 fully saturated rings. The zero-order chi connectivity index (χ0) is 15.8. The Balaban J connectivity index is 0.000000847. The topological polar surface area (TPSA) is 12.5 Å². The summed E-state index contributed by atoms with van der Waals surface area (Å²) in [6.45, 7) is 7.30. The van der Waals surface area contributed by atoms with Gasteiger partial charge in [0, 0.05) is 6.54 Å². The summed E-state index contributed by atoms with van der Waals surface area (Å²) in [7, 11) is 0. The standard InChI is InChI=1S/C18H21NO.C2H6/c1-2-3-4-9-14-19-15-10-5-7-12-17(15)20-18-13-8-6-11-16(18)19;1-2/h5-8,10-13H,2-4,9,14H2,1H3;1-2H3. The molecule has 0 aromatic heterocycles. The second-order valence-corrected chi connectivity index (χ2v) is 5.25. The van der Waals surface area contributed by atoms with Gasteiger partial charge in [-0.3, -0.25) is 0 Å². The second kappa shape index (κ2) is 8.47. The predicted molar refractivity (Wildman–Crippen MR) is 95.5 cm³/mol. The van der Waals surface area contributed by atoms with E-state index in [-0.39, 0.29) is 0 Å². The van der Waals surface area contributed by atoms with Gasteiger partial charge < -0.3 is 9.64 Å². The van der Waals surface area contributed by atoms with Crippen molar-refractivity contribution < 1.29 is 4.74 Å². The van der Waals surface area contributed by atoms with Gasteiger partial charge in [0.05, 0.1) is 11.4 Å². The minimum absolute atomic E-state index is 0.960. The third-order valence-electron chi connectivity index (χ3n) is 3.77. The van der Waals surface area contributed by atoms with Crippen LogP contribution < -0.4 is 9.64 Å². The van der Waals surface area contributed by atoms with Crippen molar-refractivity contribution in [2.45, 2.75) is 46.5 Å². The first-order valence-corrected chi connectivity index (χ1v) is 8.53. The van der Waals surface area contributed by atoms with Crippen LogP contribution in [0.2, 0.25) is 0 Å². The van der Waals surface area contributed by atoms with Gasteiger partial charge in [-0.05, 0) is 30.7 Å². The van der Waals surface area contributed by atoms with Crippen LogP contribution in [-0.4, -0.2) is 6.54 Å². The molecule has 0 atom stereocenters. The van der Waals surface area contributed by atoms with Crippen molar-refractivity contribution in [3.05, 3.63) is 48.5 Å². The Morgan fingerprint density at radius 1 is 0.773 bits per heavy atom. The zero-order valence-electron chi connectivity index (χ0n) is 14.0. The molecule has 1 aliphatic rings. The molecule has 0 radical (unpaired) electrons. The highest BCUT2D eigenvalue weighted by Crippen LogP contribution is 2.46. The molecule has 0 unspecified atom stereocenters. The van der Waals surface area contributed by atoms with Crippen LogP contribution in [0, 0.1) is 0 Å². The quantitative estimate of drug-likeness (QED) is 0.581. The zero-order valence-corrected chi connectivity index (χ0v) is 14.0. The lowest BCUT2D eigenvalue weighted by Gasteiger charge is -2.32. The third-order valence-corrected chi connectivity index (χ3v) is 3.77. The van der Waals surface area contributed by atoms with Crippen molar-refractivity contribution in [1.82, 2.24) is 0 Å². The Kier molecular flexibility index (Phi) is 6.32. The average Bonchev–Trinajstić information content (AvgIpc) is 2.59. The number of ether oxygens (including phenoxy) is 1. The SMILES string of the molecule is CC.CCCCCCN1c2ccccc2Oc2ccccc21. The molecule has 0 saturated heterocycles. The minimum Gasteiger partial charge on any atom is -0.453 e. The van der Waals surface area contributed by atoms with E-state index in [0.717, 1.165) is 18.0 Å². The summed E-state index contributed by atoms with van der Waals surface area (Å²) in [5.74, 6) is 1.92. The van der Waals surface area contributed by atoms with Crippen LogP contribution in [0.25, 0.3) is 0 Å². The van der Waals surface area contributed by atoms with Gasteiger partial charge >= 0.3 is 0 Å². The summed E-state index contributed by atoms with van der Waals surface area (Å²) in [5, 5.41) is 0. The van der Waals surface area contributed by atoms with E-state index in [2.05, 4.69) is 36.1 Å². The van der Waals surface area contributed by atoms with Gasteiger partial charge in [0.15, 0.2) is 11.5 Å². The Bertz CT molecular complexity index is 534. The Labute approximate surface area is 134 Å². The smallest absolute Gasteiger partial charge is 0.151 e. The summed E-state index contributed by atoms with van der Waals surface area (Å²) in [4.78, 5) is 2.39. The van der Waals surface area contributed by atoms with Crippen molar-refractivity contribution in [1.29, 1.82) is 0 Å². The monoisotopic (exact) mass is 297 g/mol. The number of anilines is 2. The molecular weight excluding hydrogens is 270 g/mol. The number of rotatable bonds is 5. The Morgan fingerprint density at radius 3 is 1.86 bits per heavy atom. The molecule has 2 nitrogen and oxygen atoms in total. The van der Waals surface area contributed by atoms with Crippen LogP contribution in [0.5, 0.6) is 11.5 Å². The highest BCUT2D eigenvalue weighted by atomic mass is 16.5. The number of hydrogen-bond acceptors (Lipinski definition) is 2. The van der Waals surface area contributed by atoms with E-state index in [4.69, 9.17) is 4.74 Å². The fourth-order valence-corrected chi connectivity index (χ4v) is 2.72. The molecule has 1 aliphatic heterocycles. The van der Waals surface area contributed by atoms with E-state index < -0.39 is 0 Å². The highest BCUT2D eigenvalue weighted by Gasteiger charge is 2.22. The van der Waals surface area contributed by atoms with Gasteiger partial charge in [0.1, 0.15) is 0 Å². The van der Waals surface area contributed by atoms with E-state index in [1.165, 1.54) is 37.1 Å². The normalized spacial score (nSPS) is 11.7. The minimum atomic E-state index is 0.960. The van der Waals surface area contributed by atoms with Crippen LogP contribution in [-0.2, 0) is 0 Å². The lowest BCUT2D eigenvalue weighted by molar-refractivity contribution is 0.472. The molecule has 0 spiro atoms. The summed E-state index contributed by atoms with van der Waals surface area (Å²) >= 11 is 0. The van der Waals surface area contributed by atoms with Crippen molar-refractivity contribution in [3.8, 4) is 11.5 Å². The van der Waals surface area contributed by atoms with Crippen molar-refractivity contribution in [2.24, 2.45) is 0 Å². The maximum absolute atomic E-state index is 5.99. The van der Waals surface area contributed by atoms with E-state index in [1.54, 1.807) is 0 Å². The number of benzene rings is 2. The molecule has 118 valence electrons. The first-order valence-electron chi connectivity index (χ1n) is 8.53. The van der Waals surface area contributed by atoms with E-state index >= 15 is 0 Å². The van der Waals surface area contributed by atoms with Crippen LogP contribution in [0.1, 0.15) is 46.5 Å². The van der Waals surface area contributed by atoms with Gasteiger partial charge in [-0.25, -0.2) is 0 Å². The van der Waals surface area contributed by atoms with E-state index in [9.17, 15) is 0 Å². The average molecular weight is 297 g/mol. The number of unbranched alkanes of at least 4 members (excludes halogenated alkanes) is 3. The van der Waals surface area contributed by atoms with Gasteiger partial charge in [-0.1, -0.05) is 64.3 Å². The molecule has 2 aromatic carbocycles. The molecule has 0 N–H and O–H groups in total. The molecule has 2 heteroatoms. The molecule has 2 aromatic rings. The van der Waals surface area contributed by atoms with Gasteiger partial charge in [-0.15, -0.1) is 0 Å². The Hall–Kier alpha value is -1.96. The largest absolute Gasteiger partial charge is 0.453 e. The van der Waals surface area contributed by atoms with Gasteiger partial charge in [0.2, 0.25) is 0 Å². The summed E-state index contributed by atoms with van der Waals surface area (Å²) in [6.07, 6.45) is 5.10. The number of fused-ring (bicyclic) bond motifs is 2. The molecule has 22 heavy (non-hydrogen) atoms. The molecule has 0 amide bonds. The molecule has 3 rings (SSSR count). The molecule has 1 heterocycles. The summed E-state index contributed by atoms with van der Waals surface area (Å²) in [5.41, 5.74) is 2.37. The van der Waals surface area contributed by atoms with Crippen molar-refractivity contribution in [2.75, 3.05) is 11.4 Å².